The predicted molar refractivity (Wildman–Crippen MR) is 51.6 cm³/mol. The molecule has 0 saturated heterocycles. The van der Waals surface area contributed by atoms with Crippen molar-refractivity contribution in [3.63, 3.8) is 0 Å². The van der Waals surface area contributed by atoms with Gasteiger partial charge in [0.1, 0.15) is 0 Å². The molecular weight excluding hydrogens is 168 g/mol. The summed E-state index contributed by atoms with van der Waals surface area (Å²) in [7, 11) is 0. The van der Waals surface area contributed by atoms with E-state index in [9.17, 15) is 0 Å². The standard InChI is InChI=1S/C9H10N2S/c1-3-10-5-6-7(1)11-8-2-4-12-9(6)8/h2,4,10-11H,1,3,5H2. The number of hydrogen-bond donors (Lipinski definition) is 2. The zero-order valence-corrected chi connectivity index (χ0v) is 7.50. The minimum Gasteiger partial charge on any atom is -0.357 e. The quantitative estimate of drug-likeness (QED) is 0.633. The van der Waals surface area contributed by atoms with Gasteiger partial charge < -0.3 is 10.3 Å². The summed E-state index contributed by atoms with van der Waals surface area (Å²) in [5, 5.41) is 5.54. The van der Waals surface area contributed by atoms with Crippen molar-refractivity contribution in [2.75, 3.05) is 6.54 Å². The maximum absolute atomic E-state index is 3.47. The van der Waals surface area contributed by atoms with Gasteiger partial charge in [-0.2, -0.15) is 0 Å². The molecule has 0 spiro atoms. The van der Waals surface area contributed by atoms with Crippen LogP contribution in [0.15, 0.2) is 11.4 Å². The second-order valence-electron chi connectivity index (χ2n) is 3.17. The van der Waals surface area contributed by atoms with Gasteiger partial charge in [0.2, 0.25) is 0 Å². The lowest BCUT2D eigenvalue weighted by atomic mass is 10.1. The van der Waals surface area contributed by atoms with Crippen LogP contribution < -0.4 is 5.32 Å². The summed E-state index contributed by atoms with van der Waals surface area (Å²) in [6, 6.07) is 2.16. The molecule has 3 heterocycles. The Kier molecular flexibility index (Phi) is 1.31. The van der Waals surface area contributed by atoms with Crippen LogP contribution in [-0.2, 0) is 13.0 Å². The zero-order chi connectivity index (χ0) is 7.97. The molecule has 2 aromatic rings. The second-order valence-corrected chi connectivity index (χ2v) is 4.09. The third kappa shape index (κ3) is 0.778. The Morgan fingerprint density at radius 1 is 1.42 bits per heavy atom. The van der Waals surface area contributed by atoms with Crippen molar-refractivity contribution >= 4 is 21.6 Å². The number of thiophene rings is 1. The summed E-state index contributed by atoms with van der Waals surface area (Å²) in [5.74, 6) is 0. The normalized spacial score (nSPS) is 16.7. The molecule has 2 N–H and O–H groups in total. The molecule has 2 nitrogen and oxygen atoms in total. The van der Waals surface area contributed by atoms with E-state index in [4.69, 9.17) is 0 Å². The van der Waals surface area contributed by atoms with E-state index in [1.165, 1.54) is 21.5 Å². The molecule has 1 aliphatic rings. The van der Waals surface area contributed by atoms with Crippen molar-refractivity contribution < 1.29 is 0 Å². The van der Waals surface area contributed by atoms with Crippen LogP contribution in [0, 0.1) is 0 Å². The molecule has 62 valence electrons. The average Bonchev–Trinajstić information content (AvgIpc) is 2.62. The largest absolute Gasteiger partial charge is 0.357 e. The van der Waals surface area contributed by atoms with Crippen molar-refractivity contribution in [2.45, 2.75) is 13.0 Å². The van der Waals surface area contributed by atoms with Crippen LogP contribution in [0.25, 0.3) is 10.2 Å². The third-order valence-electron chi connectivity index (χ3n) is 2.44. The Morgan fingerprint density at radius 3 is 3.42 bits per heavy atom. The summed E-state index contributed by atoms with van der Waals surface area (Å²) in [6.07, 6.45) is 1.15. The van der Waals surface area contributed by atoms with Crippen LogP contribution in [0.5, 0.6) is 0 Å². The van der Waals surface area contributed by atoms with E-state index in [2.05, 4.69) is 21.7 Å². The van der Waals surface area contributed by atoms with Gasteiger partial charge in [0.05, 0.1) is 10.2 Å². The lowest BCUT2D eigenvalue weighted by Crippen LogP contribution is -2.22. The van der Waals surface area contributed by atoms with Crippen molar-refractivity contribution in [3.8, 4) is 0 Å². The van der Waals surface area contributed by atoms with Gasteiger partial charge in [0, 0.05) is 30.8 Å². The number of fused-ring (bicyclic) bond motifs is 3. The highest BCUT2D eigenvalue weighted by atomic mass is 32.1. The van der Waals surface area contributed by atoms with Gasteiger partial charge in [-0.1, -0.05) is 0 Å². The highest BCUT2D eigenvalue weighted by Gasteiger charge is 2.14. The molecule has 0 atom stereocenters. The van der Waals surface area contributed by atoms with Gasteiger partial charge in [-0.05, 0) is 11.4 Å². The van der Waals surface area contributed by atoms with Gasteiger partial charge in [0.15, 0.2) is 0 Å². The first-order valence-corrected chi connectivity index (χ1v) is 5.11. The molecule has 0 aliphatic carbocycles. The van der Waals surface area contributed by atoms with Gasteiger partial charge in [-0.3, -0.25) is 0 Å². The maximum atomic E-state index is 3.47. The number of nitrogens with one attached hydrogen (secondary N) is 2. The predicted octanol–water partition coefficient (Wildman–Crippen LogP) is 1.88. The fourth-order valence-electron chi connectivity index (χ4n) is 1.84. The van der Waals surface area contributed by atoms with Crippen molar-refractivity contribution in [1.82, 2.24) is 10.3 Å². The summed E-state index contributed by atoms with van der Waals surface area (Å²) in [6.45, 7) is 2.15. The molecule has 3 rings (SSSR count). The second kappa shape index (κ2) is 2.34. The Balaban J connectivity index is 2.34. The van der Waals surface area contributed by atoms with E-state index < -0.39 is 0 Å². The fourth-order valence-corrected chi connectivity index (χ4v) is 2.77. The van der Waals surface area contributed by atoms with E-state index >= 15 is 0 Å². The molecule has 3 heteroatoms. The lowest BCUT2D eigenvalue weighted by molar-refractivity contribution is 0.641. The first-order valence-electron chi connectivity index (χ1n) is 4.23. The monoisotopic (exact) mass is 178 g/mol. The van der Waals surface area contributed by atoms with E-state index in [0.717, 1.165) is 19.5 Å². The molecule has 1 aliphatic heterocycles. The van der Waals surface area contributed by atoms with E-state index in [1.54, 1.807) is 0 Å². The van der Waals surface area contributed by atoms with Crippen LogP contribution >= 0.6 is 11.3 Å². The molecule has 2 aromatic heterocycles. The highest BCUT2D eigenvalue weighted by Crippen LogP contribution is 2.28. The maximum Gasteiger partial charge on any atom is 0.0569 e. The van der Waals surface area contributed by atoms with Crippen LogP contribution in [0.3, 0.4) is 0 Å². The van der Waals surface area contributed by atoms with Crippen molar-refractivity contribution in [3.05, 3.63) is 22.7 Å². The molecule has 12 heavy (non-hydrogen) atoms. The number of aromatic amines is 1. The molecule has 0 amide bonds. The topological polar surface area (TPSA) is 27.8 Å². The van der Waals surface area contributed by atoms with Crippen LogP contribution in [0.4, 0.5) is 0 Å². The van der Waals surface area contributed by atoms with Crippen molar-refractivity contribution in [1.29, 1.82) is 0 Å². The molecule has 0 radical (unpaired) electrons. The smallest absolute Gasteiger partial charge is 0.0569 e. The Morgan fingerprint density at radius 2 is 2.42 bits per heavy atom. The molecule has 0 fully saturated rings. The highest BCUT2D eigenvalue weighted by molar-refractivity contribution is 7.17. The van der Waals surface area contributed by atoms with Gasteiger partial charge in [-0.15, -0.1) is 11.3 Å². The zero-order valence-electron chi connectivity index (χ0n) is 6.68. The summed E-state index contributed by atoms with van der Waals surface area (Å²) in [4.78, 5) is 3.47. The average molecular weight is 178 g/mol. The summed E-state index contributed by atoms with van der Waals surface area (Å²) in [5.41, 5.74) is 4.25. The lowest BCUT2D eigenvalue weighted by Gasteiger charge is -2.11. The molecule has 0 unspecified atom stereocenters. The summed E-state index contributed by atoms with van der Waals surface area (Å²) < 4.78 is 1.44. The number of hydrogen-bond acceptors (Lipinski definition) is 2. The van der Waals surface area contributed by atoms with E-state index in [1.807, 2.05) is 11.3 Å². The number of H-pyrrole nitrogens is 1. The van der Waals surface area contributed by atoms with E-state index in [0.29, 0.717) is 0 Å². The number of rotatable bonds is 0. The minimum absolute atomic E-state index is 1.04. The SMILES string of the molecule is c1cc2[nH]c3c(c2s1)CNCC3. The Hall–Kier alpha value is -0.800. The van der Waals surface area contributed by atoms with Gasteiger partial charge in [-0.25, -0.2) is 0 Å². The first-order chi connectivity index (χ1) is 5.95. The van der Waals surface area contributed by atoms with Crippen LogP contribution in [0.1, 0.15) is 11.3 Å². The third-order valence-corrected chi connectivity index (χ3v) is 3.42. The summed E-state index contributed by atoms with van der Waals surface area (Å²) >= 11 is 1.84. The van der Waals surface area contributed by atoms with Gasteiger partial charge >= 0.3 is 0 Å². The molecule has 0 aromatic carbocycles. The molecule has 0 bridgehead atoms. The first kappa shape index (κ1) is 6.69. The Bertz CT molecular complexity index is 413. The van der Waals surface area contributed by atoms with Crippen molar-refractivity contribution in [2.24, 2.45) is 0 Å². The number of aromatic nitrogens is 1. The molecular formula is C9H10N2S. The van der Waals surface area contributed by atoms with Gasteiger partial charge in [0.25, 0.3) is 0 Å². The van der Waals surface area contributed by atoms with Crippen LogP contribution in [0.2, 0.25) is 0 Å². The fraction of sp³-hybridized carbons (Fsp3) is 0.333. The van der Waals surface area contributed by atoms with E-state index in [-0.39, 0.29) is 0 Å². The minimum atomic E-state index is 1.04. The van der Waals surface area contributed by atoms with Crippen LogP contribution in [-0.4, -0.2) is 11.5 Å². The molecule has 0 saturated carbocycles. The Labute approximate surface area is 74.6 Å².